The molecule has 0 radical (unpaired) electrons. The highest BCUT2D eigenvalue weighted by Crippen LogP contribution is 2.60. The van der Waals surface area contributed by atoms with Crippen molar-refractivity contribution in [2.45, 2.75) is 64.0 Å². The number of aliphatic imine (C=N–C) groups is 1. The van der Waals surface area contributed by atoms with Crippen LogP contribution in [0.25, 0.3) is 0 Å². The molecule has 4 nitrogen and oxygen atoms in total. The van der Waals surface area contributed by atoms with E-state index < -0.39 is 0 Å². The maximum Gasteiger partial charge on any atom is 0.193 e. The van der Waals surface area contributed by atoms with Gasteiger partial charge in [0.1, 0.15) is 0 Å². The van der Waals surface area contributed by atoms with E-state index in [-0.39, 0.29) is 0 Å². The monoisotopic (exact) mass is 305 g/mol. The van der Waals surface area contributed by atoms with Crippen molar-refractivity contribution in [2.24, 2.45) is 22.2 Å². The number of nitrogens with one attached hydrogen (secondary N) is 1. The minimum absolute atomic E-state index is 0.415. The molecule has 4 atom stereocenters. The normalized spacial score (nSPS) is 40.6. The van der Waals surface area contributed by atoms with Gasteiger partial charge in [0.2, 0.25) is 0 Å². The molecule has 4 aliphatic rings. The van der Waals surface area contributed by atoms with Crippen molar-refractivity contribution >= 4 is 5.96 Å². The summed E-state index contributed by atoms with van der Waals surface area (Å²) in [6.07, 6.45) is 9.88. The third kappa shape index (κ3) is 2.17. The van der Waals surface area contributed by atoms with Gasteiger partial charge in [-0.2, -0.15) is 0 Å². The molecule has 4 fully saturated rings. The fourth-order valence-electron chi connectivity index (χ4n) is 5.72. The first-order valence-corrected chi connectivity index (χ1v) is 9.34. The summed E-state index contributed by atoms with van der Waals surface area (Å²) in [5.74, 6) is 2.65. The topological polar surface area (TPSA) is 36.9 Å². The van der Waals surface area contributed by atoms with Crippen LogP contribution in [0.2, 0.25) is 0 Å². The third-order valence-electron chi connectivity index (χ3n) is 6.74. The van der Waals surface area contributed by atoms with E-state index >= 15 is 0 Å². The number of ether oxygens (including phenoxy) is 1. The van der Waals surface area contributed by atoms with Gasteiger partial charge in [-0.1, -0.05) is 19.8 Å². The minimum atomic E-state index is 0.415. The van der Waals surface area contributed by atoms with Gasteiger partial charge in [0.05, 0.1) is 6.10 Å². The van der Waals surface area contributed by atoms with Gasteiger partial charge in [0.15, 0.2) is 5.96 Å². The molecule has 2 heterocycles. The average Bonchev–Trinajstić information content (AvgIpc) is 3.16. The third-order valence-corrected chi connectivity index (χ3v) is 6.74. The number of rotatable bonds is 1. The van der Waals surface area contributed by atoms with Crippen molar-refractivity contribution in [3.63, 3.8) is 0 Å². The molecule has 2 saturated heterocycles. The molecule has 2 saturated carbocycles. The predicted octanol–water partition coefficient (Wildman–Crippen LogP) is 2.64. The molecule has 0 aromatic carbocycles. The molecule has 2 aliphatic carbocycles. The van der Waals surface area contributed by atoms with Gasteiger partial charge < -0.3 is 15.0 Å². The Labute approximate surface area is 134 Å². The van der Waals surface area contributed by atoms with E-state index in [9.17, 15) is 0 Å². The van der Waals surface area contributed by atoms with E-state index in [1.807, 2.05) is 7.05 Å². The molecule has 22 heavy (non-hydrogen) atoms. The van der Waals surface area contributed by atoms with Crippen molar-refractivity contribution in [1.82, 2.24) is 10.2 Å². The zero-order valence-electron chi connectivity index (χ0n) is 14.2. The van der Waals surface area contributed by atoms with Gasteiger partial charge in [-0.15, -0.1) is 0 Å². The number of hydrogen-bond donors (Lipinski definition) is 1. The van der Waals surface area contributed by atoms with Gasteiger partial charge in [-0.05, 0) is 38.0 Å². The molecule has 1 N–H and O–H groups in total. The first-order chi connectivity index (χ1) is 10.7. The minimum Gasteiger partial charge on any atom is -0.377 e. The Bertz CT molecular complexity index is 444. The summed E-state index contributed by atoms with van der Waals surface area (Å²) in [4.78, 5) is 7.11. The Hall–Kier alpha value is -0.770. The fourth-order valence-corrected chi connectivity index (χ4v) is 5.72. The molecule has 124 valence electrons. The highest BCUT2D eigenvalue weighted by atomic mass is 16.5. The zero-order chi connectivity index (χ0) is 15.2. The number of piperidine rings is 1. The second kappa shape index (κ2) is 5.70. The van der Waals surface area contributed by atoms with Gasteiger partial charge >= 0.3 is 0 Å². The van der Waals surface area contributed by atoms with Gasteiger partial charge in [0, 0.05) is 44.1 Å². The Balaban J connectivity index is 1.49. The molecular formula is C18H31N3O. The van der Waals surface area contributed by atoms with Crippen LogP contribution in [-0.2, 0) is 4.74 Å². The fraction of sp³-hybridized carbons (Fsp3) is 0.944. The number of guanidine groups is 1. The first kappa shape index (κ1) is 14.8. The quantitative estimate of drug-likeness (QED) is 0.598. The molecule has 4 heteroatoms. The molecule has 0 amide bonds. The molecule has 2 aliphatic heterocycles. The molecule has 0 bridgehead atoms. The molecule has 0 aromatic rings. The van der Waals surface area contributed by atoms with Gasteiger partial charge in [0.25, 0.3) is 0 Å². The number of fused-ring (bicyclic) bond motifs is 2. The van der Waals surface area contributed by atoms with E-state index in [1.54, 1.807) is 0 Å². The van der Waals surface area contributed by atoms with Crippen molar-refractivity contribution in [3.05, 3.63) is 0 Å². The van der Waals surface area contributed by atoms with E-state index in [2.05, 4.69) is 22.1 Å². The summed E-state index contributed by atoms with van der Waals surface area (Å²) >= 11 is 0. The van der Waals surface area contributed by atoms with E-state index in [0.29, 0.717) is 17.6 Å². The van der Waals surface area contributed by atoms with Crippen LogP contribution in [0.15, 0.2) is 4.99 Å². The summed E-state index contributed by atoms with van der Waals surface area (Å²) in [5.41, 5.74) is 0.415. The van der Waals surface area contributed by atoms with Crippen molar-refractivity contribution in [2.75, 3.05) is 26.7 Å². The highest BCUT2D eigenvalue weighted by molar-refractivity contribution is 5.80. The van der Waals surface area contributed by atoms with Crippen LogP contribution in [-0.4, -0.2) is 49.7 Å². The van der Waals surface area contributed by atoms with Crippen LogP contribution in [0.3, 0.4) is 0 Å². The van der Waals surface area contributed by atoms with Crippen LogP contribution in [0, 0.1) is 17.3 Å². The molecule has 4 unspecified atom stereocenters. The molecule has 1 spiro atoms. The molecule has 0 aromatic heterocycles. The molecule has 4 rings (SSSR count). The molecular weight excluding hydrogens is 274 g/mol. The second-order valence-electron chi connectivity index (χ2n) is 8.05. The van der Waals surface area contributed by atoms with Crippen molar-refractivity contribution in [1.29, 1.82) is 0 Å². The van der Waals surface area contributed by atoms with Crippen LogP contribution >= 0.6 is 0 Å². The Morgan fingerprint density at radius 2 is 2.05 bits per heavy atom. The van der Waals surface area contributed by atoms with E-state index in [4.69, 9.17) is 4.74 Å². The maximum absolute atomic E-state index is 6.10. The van der Waals surface area contributed by atoms with E-state index in [1.165, 1.54) is 44.9 Å². The van der Waals surface area contributed by atoms with Gasteiger partial charge in [-0.3, -0.25) is 4.99 Å². The number of nitrogens with zero attached hydrogens (tertiary/aromatic N) is 2. The SMILES string of the molecule is CN=C(NC1C2CCOC2C12CCCC2)N1CCCC(C)C1. The van der Waals surface area contributed by atoms with E-state index in [0.717, 1.165) is 37.5 Å². The summed E-state index contributed by atoms with van der Waals surface area (Å²) in [6, 6.07) is 0.596. The lowest BCUT2D eigenvalue weighted by Gasteiger charge is -2.57. The summed E-state index contributed by atoms with van der Waals surface area (Å²) < 4.78 is 6.10. The number of likely N-dealkylation sites (tertiary alicyclic amines) is 1. The van der Waals surface area contributed by atoms with Crippen molar-refractivity contribution < 1.29 is 4.74 Å². The largest absolute Gasteiger partial charge is 0.377 e. The summed E-state index contributed by atoms with van der Waals surface area (Å²) in [6.45, 7) is 5.65. The highest BCUT2D eigenvalue weighted by Gasteiger charge is 2.65. The zero-order valence-corrected chi connectivity index (χ0v) is 14.2. The predicted molar refractivity (Wildman–Crippen MR) is 89.0 cm³/mol. The Morgan fingerprint density at radius 1 is 1.23 bits per heavy atom. The lowest BCUT2D eigenvalue weighted by Crippen LogP contribution is -2.69. The van der Waals surface area contributed by atoms with Crippen LogP contribution < -0.4 is 5.32 Å². The lowest BCUT2D eigenvalue weighted by molar-refractivity contribution is -0.125. The summed E-state index contributed by atoms with van der Waals surface area (Å²) in [5, 5.41) is 3.89. The second-order valence-corrected chi connectivity index (χ2v) is 8.05. The Kier molecular flexibility index (Phi) is 3.83. The first-order valence-electron chi connectivity index (χ1n) is 9.34. The van der Waals surface area contributed by atoms with Crippen molar-refractivity contribution in [3.8, 4) is 0 Å². The smallest absolute Gasteiger partial charge is 0.193 e. The van der Waals surface area contributed by atoms with Crippen LogP contribution in [0.5, 0.6) is 0 Å². The standard InChI is InChI=1S/C18H31N3O/c1-13-6-5-10-21(12-13)17(19-2)20-15-14-7-11-22-16(14)18(15)8-3-4-9-18/h13-16H,3-12H2,1-2H3,(H,19,20). The average molecular weight is 305 g/mol. The van der Waals surface area contributed by atoms with Crippen LogP contribution in [0.1, 0.15) is 51.9 Å². The maximum atomic E-state index is 6.10. The van der Waals surface area contributed by atoms with Gasteiger partial charge in [-0.25, -0.2) is 0 Å². The van der Waals surface area contributed by atoms with Crippen LogP contribution in [0.4, 0.5) is 0 Å². The Morgan fingerprint density at radius 3 is 2.77 bits per heavy atom. The summed E-state index contributed by atoms with van der Waals surface area (Å²) in [7, 11) is 1.95. The lowest BCUT2D eigenvalue weighted by atomic mass is 9.54. The number of hydrogen-bond acceptors (Lipinski definition) is 2.